The molecule has 0 saturated heterocycles. The van der Waals surface area contributed by atoms with E-state index in [1.54, 1.807) is 0 Å². The quantitative estimate of drug-likeness (QED) is 0.213. The van der Waals surface area contributed by atoms with E-state index < -0.39 is 15.6 Å². The Balaban J connectivity index is -0.0000000114. The fourth-order valence-corrected chi connectivity index (χ4v) is 1.25. The Hall–Kier alpha value is 10.3. The average Bonchev–Trinajstić information content (AvgIpc) is 1.14. The van der Waals surface area contributed by atoms with Gasteiger partial charge in [0.2, 0.25) is 0 Å². The number of rotatable bonds is 2. The van der Waals surface area contributed by atoms with Gasteiger partial charge in [0.25, 0.3) is 0 Å². The van der Waals surface area contributed by atoms with E-state index in [4.69, 9.17) is 19.6 Å². The van der Waals surface area contributed by atoms with Crippen LogP contribution in [0.5, 0.6) is 0 Å². The molecule has 0 rings (SSSR count). The zero-order chi connectivity index (χ0) is 7.71. The Morgan fingerprint density at radius 2 is 0.647 bits per heavy atom. The van der Waals surface area contributed by atoms with Crippen LogP contribution in [0, 0.1) is 0 Å². The molecule has 17 heteroatoms. The van der Waals surface area contributed by atoms with E-state index in [1.807, 2.05) is 0 Å². The molecule has 0 bridgehead atoms. The van der Waals surface area contributed by atoms with E-state index in [0.717, 1.165) is 0 Å². The molecule has 0 fully saturated rings. The fourth-order valence-electron chi connectivity index (χ4n) is 0.139. The Morgan fingerprint density at radius 1 is 0.529 bits per heavy atom. The number of phosphoric acid groups is 2. The van der Waals surface area contributed by atoms with Crippen molar-refractivity contribution in [1.29, 1.82) is 0 Å². The van der Waals surface area contributed by atoms with E-state index in [2.05, 4.69) is 4.31 Å². The molecule has 88 valence electrons. The average molecular weight is 515 g/mol. The van der Waals surface area contributed by atoms with Crippen molar-refractivity contribution in [3.8, 4) is 0 Å². The zero-order valence-electron chi connectivity index (χ0n) is 3.91. The fraction of sp³-hybridized carbons (Fsp3) is 0. The summed E-state index contributed by atoms with van der Waals surface area (Å²) >= 11 is 0. The summed E-state index contributed by atoms with van der Waals surface area (Å²) in [4.78, 5) is 31.0. The van der Waals surface area contributed by atoms with Crippen molar-refractivity contribution in [3.63, 3.8) is 0 Å². The minimum absolute atomic E-state index is 0. The molecule has 0 radical (unpaired) electrons. The Bertz CT molecular complexity index is 164. The van der Waals surface area contributed by atoms with Crippen LogP contribution in [-0.4, -0.2) is 321 Å². The second kappa shape index (κ2) is 31.0. The molecule has 0 heterocycles. The van der Waals surface area contributed by atoms with Crippen LogP contribution < -0.4 is 0 Å². The molecule has 4 N–H and O–H groups in total. The summed E-state index contributed by atoms with van der Waals surface area (Å²) in [6, 6.07) is 0. The van der Waals surface area contributed by atoms with Gasteiger partial charge in [0.1, 0.15) is 0 Å². The molecule has 0 aliphatic heterocycles. The summed E-state index contributed by atoms with van der Waals surface area (Å²) in [6.45, 7) is 0. The molecule has 0 saturated carbocycles. The molecule has 0 aromatic rings. The molecular formula is H20Ca8O7P2. The zero-order valence-corrected chi connectivity index (χ0v) is 5.70. The Kier molecular flexibility index (Phi) is 103. The van der Waals surface area contributed by atoms with Crippen molar-refractivity contribution in [2.75, 3.05) is 0 Å². The monoisotopic (exact) mass is 514 g/mol. The first-order chi connectivity index (χ1) is 3.71. The van der Waals surface area contributed by atoms with E-state index in [0.29, 0.717) is 0 Å². The normalized spacial score (nSPS) is 7.29. The van der Waals surface area contributed by atoms with Gasteiger partial charge in [-0.3, -0.25) is 0 Å². The summed E-state index contributed by atoms with van der Waals surface area (Å²) < 4.78 is 22.2. The molecule has 0 aromatic carbocycles. The van der Waals surface area contributed by atoms with Gasteiger partial charge in [-0.05, 0) is 0 Å². The van der Waals surface area contributed by atoms with Crippen LogP contribution in [0.2, 0.25) is 0 Å². The first kappa shape index (κ1) is 56.4. The van der Waals surface area contributed by atoms with Gasteiger partial charge in [0.15, 0.2) is 0 Å². The molecule has 0 unspecified atom stereocenters. The van der Waals surface area contributed by atoms with Gasteiger partial charge >= 0.3 is 318 Å². The van der Waals surface area contributed by atoms with Crippen molar-refractivity contribution in [3.05, 3.63) is 0 Å². The van der Waals surface area contributed by atoms with Crippen LogP contribution >= 0.6 is 15.6 Å². The summed E-state index contributed by atoms with van der Waals surface area (Å²) in [6.07, 6.45) is 0. The Morgan fingerprint density at radius 3 is 0.647 bits per heavy atom. The van der Waals surface area contributed by atoms with Crippen molar-refractivity contribution >= 4 is 318 Å². The molecule has 0 aliphatic rings. The van der Waals surface area contributed by atoms with Crippen molar-refractivity contribution in [2.45, 2.75) is 0 Å². The van der Waals surface area contributed by atoms with Crippen LogP contribution in [-0.2, 0) is 13.4 Å². The first-order valence-corrected chi connectivity index (χ1v) is 4.59. The molecule has 0 aliphatic carbocycles. The molecule has 0 aromatic heterocycles. The molecule has 17 heavy (non-hydrogen) atoms. The van der Waals surface area contributed by atoms with Crippen LogP contribution in [0.25, 0.3) is 0 Å². The maximum atomic E-state index is 9.63. The molecule has 0 atom stereocenters. The van der Waals surface area contributed by atoms with E-state index >= 15 is 0 Å². The van der Waals surface area contributed by atoms with Gasteiger partial charge in [-0.15, -0.1) is 0 Å². The molecular weight excluding hydrogens is 495 g/mol. The predicted molar refractivity (Wildman–Crippen MR) is 93.5 cm³/mol. The molecule has 0 amide bonds. The van der Waals surface area contributed by atoms with Crippen molar-refractivity contribution in [2.24, 2.45) is 0 Å². The summed E-state index contributed by atoms with van der Waals surface area (Å²) in [5, 5.41) is 0. The second-order valence-corrected chi connectivity index (χ2v) is 3.68. The number of hydrogen-bond donors (Lipinski definition) is 4. The number of hydrogen-bond acceptors (Lipinski definition) is 3. The third-order valence-electron chi connectivity index (χ3n) is 0.213. The van der Waals surface area contributed by atoms with Gasteiger partial charge in [-0.1, -0.05) is 0 Å². The topological polar surface area (TPSA) is 124 Å². The van der Waals surface area contributed by atoms with Crippen LogP contribution in [0.4, 0.5) is 0 Å². The van der Waals surface area contributed by atoms with Gasteiger partial charge < -0.3 is 19.6 Å². The third-order valence-corrected chi connectivity index (χ3v) is 1.91. The van der Waals surface area contributed by atoms with Crippen LogP contribution in [0.1, 0.15) is 0 Å². The van der Waals surface area contributed by atoms with Gasteiger partial charge in [0, 0.05) is 0 Å². The van der Waals surface area contributed by atoms with Crippen molar-refractivity contribution < 1.29 is 33.0 Å². The minimum atomic E-state index is -5.05. The van der Waals surface area contributed by atoms with Crippen molar-refractivity contribution in [1.82, 2.24) is 0 Å². The van der Waals surface area contributed by atoms with Crippen LogP contribution in [0.3, 0.4) is 0 Å². The van der Waals surface area contributed by atoms with Gasteiger partial charge in [-0.25, -0.2) is 9.13 Å². The second-order valence-electron chi connectivity index (χ2n) is 1.06. The third kappa shape index (κ3) is 58.4. The summed E-state index contributed by atoms with van der Waals surface area (Å²) in [5.41, 5.74) is 0. The molecule has 0 spiro atoms. The summed E-state index contributed by atoms with van der Waals surface area (Å²) in [7, 11) is -10.1. The first-order valence-electron chi connectivity index (χ1n) is 1.53. The van der Waals surface area contributed by atoms with Gasteiger partial charge in [0.05, 0.1) is 0 Å². The standard InChI is InChI=1S/8Ca.H4O7P2.16H/c;;;;;;;;1-8(2,3)7-9(4,5)6;;;;;;;;;;;;;;;;/h;;;;;;;;(H2,1,2,3)(H2,4,5,6);;;;;;;;;;;;;;;;. The maximum absolute atomic E-state index is 9.63. The molecule has 7 nitrogen and oxygen atoms in total. The Labute approximate surface area is 339 Å². The SMILES string of the molecule is O=P(O)(O)OP(=O)(O)O.[CaH2].[CaH2].[CaH2].[CaH2].[CaH2].[CaH2].[CaH2].[CaH2]. The van der Waals surface area contributed by atoms with E-state index in [1.165, 1.54) is 0 Å². The predicted octanol–water partition coefficient (Wildman–Crippen LogP) is -8.14. The van der Waals surface area contributed by atoms with Crippen LogP contribution in [0.15, 0.2) is 0 Å². The van der Waals surface area contributed by atoms with E-state index in [-0.39, 0.29) is 302 Å². The van der Waals surface area contributed by atoms with Gasteiger partial charge in [-0.2, -0.15) is 4.31 Å². The summed E-state index contributed by atoms with van der Waals surface area (Å²) in [5.74, 6) is 0. The van der Waals surface area contributed by atoms with E-state index in [9.17, 15) is 9.13 Å².